The first-order valence-corrected chi connectivity index (χ1v) is 12.4. The fraction of sp³-hybridized carbons (Fsp3) is 0.444. The molecule has 2 aliphatic carbocycles. The van der Waals surface area contributed by atoms with Crippen LogP contribution in [0.25, 0.3) is 22.2 Å². The van der Waals surface area contributed by atoms with Gasteiger partial charge in [-0.05, 0) is 75.6 Å². The molecule has 0 aliphatic heterocycles. The molecule has 0 saturated heterocycles. The molecule has 0 atom stereocenters. The highest BCUT2D eigenvalue weighted by Gasteiger charge is 2.27. The smallest absolute Gasteiger partial charge is 0.255 e. The van der Waals surface area contributed by atoms with E-state index >= 15 is 0 Å². The Bertz CT molecular complexity index is 1260. The lowest BCUT2D eigenvalue weighted by molar-refractivity contribution is -0.119. The van der Waals surface area contributed by atoms with E-state index in [2.05, 4.69) is 20.6 Å². The van der Waals surface area contributed by atoms with Crippen LogP contribution >= 0.6 is 0 Å². The van der Waals surface area contributed by atoms with Crippen molar-refractivity contribution in [3.63, 3.8) is 0 Å². The zero-order valence-electron chi connectivity index (χ0n) is 20.1. The summed E-state index contributed by atoms with van der Waals surface area (Å²) < 4.78 is 20.3. The van der Waals surface area contributed by atoms with Crippen molar-refractivity contribution >= 4 is 22.8 Å². The molecule has 35 heavy (non-hydrogen) atoms. The molecule has 3 aromatic rings. The first-order valence-electron chi connectivity index (χ1n) is 12.4. The molecule has 2 saturated carbocycles. The van der Waals surface area contributed by atoms with E-state index in [0.29, 0.717) is 46.1 Å². The first-order chi connectivity index (χ1) is 16.9. The fourth-order valence-corrected chi connectivity index (χ4v) is 4.97. The minimum atomic E-state index is -0.347. The van der Waals surface area contributed by atoms with Crippen molar-refractivity contribution in [3.05, 3.63) is 47.5 Å². The van der Waals surface area contributed by atoms with E-state index < -0.39 is 0 Å². The first kappa shape index (κ1) is 23.3. The van der Waals surface area contributed by atoms with Crippen LogP contribution < -0.4 is 15.4 Å². The van der Waals surface area contributed by atoms with Crippen LogP contribution in [0.5, 0.6) is 5.75 Å². The average Bonchev–Trinajstić information content (AvgIpc) is 3.58. The van der Waals surface area contributed by atoms with Crippen LogP contribution in [0, 0.1) is 18.7 Å². The van der Waals surface area contributed by atoms with Crippen LogP contribution in [0.3, 0.4) is 0 Å². The van der Waals surface area contributed by atoms with Gasteiger partial charge in [0, 0.05) is 42.0 Å². The number of H-pyrrole nitrogens is 1. The van der Waals surface area contributed by atoms with Gasteiger partial charge in [-0.2, -0.15) is 0 Å². The van der Waals surface area contributed by atoms with Crippen LogP contribution in [0.4, 0.5) is 4.39 Å². The number of benzene rings is 1. The lowest BCUT2D eigenvalue weighted by Gasteiger charge is -2.29. The Labute approximate surface area is 203 Å². The summed E-state index contributed by atoms with van der Waals surface area (Å²) in [6.07, 6.45) is 7.27. The van der Waals surface area contributed by atoms with Gasteiger partial charge in [0.1, 0.15) is 17.1 Å². The van der Waals surface area contributed by atoms with E-state index in [1.807, 2.05) is 13.0 Å². The number of carbonyl (C=O) groups is 2. The Kier molecular flexibility index (Phi) is 6.45. The maximum Gasteiger partial charge on any atom is 0.255 e. The summed E-state index contributed by atoms with van der Waals surface area (Å²) in [5.74, 6) is 0.653. The van der Waals surface area contributed by atoms with Crippen LogP contribution in [-0.2, 0) is 4.79 Å². The van der Waals surface area contributed by atoms with E-state index in [0.717, 1.165) is 31.2 Å². The molecule has 5 rings (SSSR count). The SMILES string of the molecule is CC(=O)N[C@H]1CC[C@H](NC(=O)c2c(C)[nH]c3c(-c4cc(F)ccc4OCC4CC4)ccnc23)CC1. The minimum Gasteiger partial charge on any atom is -0.493 e. The number of fused-ring (bicyclic) bond motifs is 1. The number of nitrogens with one attached hydrogen (secondary N) is 3. The maximum absolute atomic E-state index is 14.2. The Hall–Kier alpha value is -3.42. The van der Waals surface area contributed by atoms with E-state index in [4.69, 9.17) is 4.74 Å². The number of hydrogen-bond acceptors (Lipinski definition) is 4. The van der Waals surface area contributed by atoms with Crippen molar-refractivity contribution in [1.82, 2.24) is 20.6 Å². The van der Waals surface area contributed by atoms with E-state index in [1.165, 1.54) is 31.9 Å². The minimum absolute atomic E-state index is 0.0202. The van der Waals surface area contributed by atoms with Crippen molar-refractivity contribution in [3.8, 4) is 16.9 Å². The fourth-order valence-electron chi connectivity index (χ4n) is 4.97. The summed E-state index contributed by atoms with van der Waals surface area (Å²) in [5, 5.41) is 6.11. The Morgan fingerprint density at radius 1 is 1.06 bits per heavy atom. The molecule has 8 heteroatoms. The number of halogens is 1. The number of pyridine rings is 1. The lowest BCUT2D eigenvalue weighted by Crippen LogP contribution is -2.43. The van der Waals surface area contributed by atoms with Crippen molar-refractivity contribution < 1.29 is 18.7 Å². The number of hydrogen-bond donors (Lipinski definition) is 3. The van der Waals surface area contributed by atoms with Gasteiger partial charge in [0.05, 0.1) is 17.7 Å². The van der Waals surface area contributed by atoms with Gasteiger partial charge in [0.15, 0.2) is 0 Å². The Balaban J connectivity index is 1.40. The molecule has 2 amide bonds. The highest BCUT2D eigenvalue weighted by Crippen LogP contribution is 2.38. The van der Waals surface area contributed by atoms with Gasteiger partial charge in [0.2, 0.25) is 5.91 Å². The molecule has 2 heterocycles. The third-order valence-corrected chi connectivity index (χ3v) is 6.98. The highest BCUT2D eigenvalue weighted by molar-refractivity contribution is 6.09. The van der Waals surface area contributed by atoms with Crippen LogP contribution in [0.1, 0.15) is 61.5 Å². The Morgan fingerprint density at radius 3 is 2.46 bits per heavy atom. The lowest BCUT2D eigenvalue weighted by atomic mass is 9.91. The van der Waals surface area contributed by atoms with Crippen LogP contribution in [-0.4, -0.2) is 40.5 Å². The third kappa shape index (κ3) is 5.16. The summed E-state index contributed by atoms with van der Waals surface area (Å²) in [5.41, 5.74) is 3.85. The molecule has 2 aromatic heterocycles. The zero-order valence-corrected chi connectivity index (χ0v) is 20.1. The van der Waals surface area contributed by atoms with Crippen molar-refractivity contribution in [2.75, 3.05) is 6.61 Å². The van der Waals surface area contributed by atoms with Gasteiger partial charge >= 0.3 is 0 Å². The standard InChI is InChI=1S/C27H31FN4O3/c1-15-24(27(34)32-20-8-6-19(7-9-20)31-16(2)33)26-25(30-15)21(11-12-29-26)22-13-18(28)5-10-23(22)35-14-17-3-4-17/h5,10-13,17,19-20,30H,3-4,6-9,14H2,1-2H3,(H,31,33)(H,32,34)/t19-,20-. The van der Waals surface area contributed by atoms with E-state index in [9.17, 15) is 14.0 Å². The number of aryl methyl sites for hydroxylation is 1. The number of rotatable bonds is 7. The third-order valence-electron chi connectivity index (χ3n) is 6.98. The quantitative estimate of drug-likeness (QED) is 0.461. The number of nitrogens with zero attached hydrogens (tertiary/aromatic N) is 1. The van der Waals surface area contributed by atoms with Crippen molar-refractivity contribution in [1.29, 1.82) is 0 Å². The second-order valence-electron chi connectivity index (χ2n) is 9.82. The van der Waals surface area contributed by atoms with Gasteiger partial charge in [-0.1, -0.05) is 0 Å². The largest absolute Gasteiger partial charge is 0.493 e. The normalized spacial score (nSPS) is 20.0. The molecule has 0 unspecified atom stereocenters. The molecule has 184 valence electrons. The van der Waals surface area contributed by atoms with Gasteiger partial charge in [-0.15, -0.1) is 0 Å². The summed E-state index contributed by atoms with van der Waals surface area (Å²) in [7, 11) is 0. The summed E-state index contributed by atoms with van der Waals surface area (Å²) >= 11 is 0. The molecule has 1 aromatic carbocycles. The molecule has 2 aliphatic rings. The van der Waals surface area contributed by atoms with Crippen molar-refractivity contribution in [2.24, 2.45) is 5.92 Å². The number of amides is 2. The molecule has 0 spiro atoms. The molecule has 2 fully saturated rings. The van der Waals surface area contributed by atoms with Gasteiger partial charge in [0.25, 0.3) is 5.91 Å². The summed E-state index contributed by atoms with van der Waals surface area (Å²) in [6.45, 7) is 4.00. The molecular formula is C27H31FN4O3. The second-order valence-corrected chi connectivity index (χ2v) is 9.82. The Morgan fingerprint density at radius 2 is 1.77 bits per heavy atom. The number of carbonyl (C=O) groups excluding carboxylic acids is 2. The molecule has 0 bridgehead atoms. The molecule has 7 nitrogen and oxygen atoms in total. The second kappa shape index (κ2) is 9.68. The zero-order chi connectivity index (χ0) is 24.5. The van der Waals surface area contributed by atoms with Crippen LogP contribution in [0.15, 0.2) is 30.5 Å². The topological polar surface area (TPSA) is 96.1 Å². The van der Waals surface area contributed by atoms with Gasteiger partial charge < -0.3 is 20.4 Å². The average molecular weight is 479 g/mol. The number of ether oxygens (including phenoxy) is 1. The molecular weight excluding hydrogens is 447 g/mol. The van der Waals surface area contributed by atoms with E-state index in [-0.39, 0.29) is 29.7 Å². The maximum atomic E-state index is 14.2. The summed E-state index contributed by atoms with van der Waals surface area (Å²) in [6, 6.07) is 6.58. The predicted octanol–water partition coefficient (Wildman–Crippen LogP) is 4.64. The monoisotopic (exact) mass is 478 g/mol. The van der Waals surface area contributed by atoms with E-state index in [1.54, 1.807) is 12.3 Å². The van der Waals surface area contributed by atoms with Crippen molar-refractivity contribution in [2.45, 2.75) is 64.5 Å². The predicted molar refractivity (Wildman–Crippen MR) is 132 cm³/mol. The highest BCUT2D eigenvalue weighted by atomic mass is 19.1. The van der Waals surface area contributed by atoms with Crippen LogP contribution in [0.2, 0.25) is 0 Å². The molecule has 0 radical (unpaired) electrons. The molecule has 3 N–H and O–H groups in total. The number of aromatic nitrogens is 2. The van der Waals surface area contributed by atoms with Gasteiger partial charge in [-0.25, -0.2) is 4.39 Å². The van der Waals surface area contributed by atoms with Gasteiger partial charge in [-0.3, -0.25) is 14.6 Å². The summed E-state index contributed by atoms with van der Waals surface area (Å²) in [4.78, 5) is 32.4. The number of aromatic amines is 1.